The average Bonchev–Trinajstić information content (AvgIpc) is 3.11. The standard InChI is InChI=1S/C28H38O5/c1-15-13-23(33-25(31)16(15)2)28(5,32)21-10-9-18-24-19(11-12-26(18,21)3)27(4)17(14-20(24)29)7-6-8-22(27)30/h6,8,14,18-21,23-24,29,32H,7,9-13H2,1-5H3/t18-,19-,20+,21-,23+,24-,26-,27-,28+/m0/s1. The number of cyclic esters (lactones) is 1. The maximum Gasteiger partial charge on any atom is 0.334 e. The smallest absolute Gasteiger partial charge is 0.334 e. The minimum Gasteiger partial charge on any atom is -0.456 e. The molecule has 0 unspecified atom stereocenters. The van der Waals surface area contributed by atoms with Crippen molar-refractivity contribution >= 4 is 11.8 Å². The zero-order valence-electron chi connectivity index (χ0n) is 20.6. The molecule has 1 heterocycles. The van der Waals surface area contributed by atoms with Gasteiger partial charge in [-0.3, -0.25) is 4.79 Å². The Morgan fingerprint density at radius 2 is 1.85 bits per heavy atom. The maximum atomic E-state index is 13.1. The topological polar surface area (TPSA) is 83.8 Å². The number of carbonyl (C=O) groups is 2. The Morgan fingerprint density at radius 1 is 1.12 bits per heavy atom. The summed E-state index contributed by atoms with van der Waals surface area (Å²) in [5.74, 6) is 0.142. The summed E-state index contributed by atoms with van der Waals surface area (Å²) in [5, 5.41) is 23.2. The van der Waals surface area contributed by atoms with E-state index < -0.39 is 23.2 Å². The molecule has 0 radical (unpaired) electrons. The van der Waals surface area contributed by atoms with E-state index in [0.717, 1.165) is 43.3 Å². The van der Waals surface area contributed by atoms with Crippen molar-refractivity contribution in [3.05, 3.63) is 34.9 Å². The predicted molar refractivity (Wildman–Crippen MR) is 125 cm³/mol. The number of rotatable bonds is 2. The third-order valence-corrected chi connectivity index (χ3v) is 10.7. The molecule has 0 spiro atoms. The predicted octanol–water partition coefficient (Wildman–Crippen LogP) is 4.28. The normalized spacial score (nSPS) is 46.7. The summed E-state index contributed by atoms with van der Waals surface area (Å²) in [5.41, 5.74) is 0.834. The molecule has 5 nitrogen and oxygen atoms in total. The lowest BCUT2D eigenvalue weighted by Crippen LogP contribution is -2.59. The van der Waals surface area contributed by atoms with E-state index in [-0.39, 0.29) is 40.8 Å². The maximum absolute atomic E-state index is 13.1. The summed E-state index contributed by atoms with van der Waals surface area (Å²) in [6.07, 6.45) is 9.29. The first kappa shape index (κ1) is 23.0. The Kier molecular flexibility index (Phi) is 5.16. The van der Waals surface area contributed by atoms with Crippen molar-refractivity contribution in [3.63, 3.8) is 0 Å². The number of aliphatic hydroxyl groups excluding tert-OH is 1. The SMILES string of the molecule is CC1=C(C)C(=O)O[C@@H]([C@](C)(O)[C@H]2CC[C@H]3[C@@H]4[C@H](O)C=C5CC=CC(=O)[C@]5(C)[C@H]4CC[C@]23C)C1. The van der Waals surface area contributed by atoms with Crippen LogP contribution in [0.1, 0.15) is 73.1 Å². The fraction of sp³-hybridized carbons (Fsp3) is 0.714. The first-order chi connectivity index (χ1) is 15.4. The van der Waals surface area contributed by atoms with Gasteiger partial charge < -0.3 is 14.9 Å². The van der Waals surface area contributed by atoms with Gasteiger partial charge in [0.05, 0.1) is 11.5 Å². The second-order valence-electron chi connectivity index (χ2n) is 12.0. The van der Waals surface area contributed by atoms with Crippen molar-refractivity contribution in [1.29, 1.82) is 0 Å². The summed E-state index contributed by atoms with van der Waals surface area (Å²) in [4.78, 5) is 25.5. The number of esters is 1. The third-order valence-electron chi connectivity index (χ3n) is 10.7. The third kappa shape index (κ3) is 3.04. The number of hydrogen-bond acceptors (Lipinski definition) is 5. The molecule has 0 bridgehead atoms. The zero-order chi connectivity index (χ0) is 23.9. The van der Waals surface area contributed by atoms with Gasteiger partial charge in [-0.15, -0.1) is 0 Å². The number of allylic oxidation sites excluding steroid dienone is 3. The first-order valence-electron chi connectivity index (χ1n) is 12.6. The number of fused-ring (bicyclic) bond motifs is 5. The van der Waals surface area contributed by atoms with Gasteiger partial charge >= 0.3 is 5.97 Å². The van der Waals surface area contributed by atoms with Crippen molar-refractivity contribution in [1.82, 2.24) is 0 Å². The molecule has 0 aromatic heterocycles. The van der Waals surface area contributed by atoms with Crippen molar-refractivity contribution in [2.75, 3.05) is 0 Å². The van der Waals surface area contributed by atoms with Crippen molar-refractivity contribution in [3.8, 4) is 0 Å². The Bertz CT molecular complexity index is 986. The van der Waals surface area contributed by atoms with Gasteiger partial charge in [0.15, 0.2) is 5.78 Å². The molecule has 1 aliphatic heterocycles. The Morgan fingerprint density at radius 3 is 2.55 bits per heavy atom. The van der Waals surface area contributed by atoms with E-state index in [9.17, 15) is 19.8 Å². The first-order valence-corrected chi connectivity index (χ1v) is 12.6. The van der Waals surface area contributed by atoms with Crippen molar-refractivity contribution in [2.45, 2.75) is 91.0 Å². The van der Waals surface area contributed by atoms with E-state index in [2.05, 4.69) is 13.8 Å². The minimum absolute atomic E-state index is 0.00605. The van der Waals surface area contributed by atoms with Crippen LogP contribution in [0.25, 0.3) is 0 Å². The lowest BCUT2D eigenvalue weighted by molar-refractivity contribution is -0.183. The van der Waals surface area contributed by atoms with Gasteiger partial charge in [-0.25, -0.2) is 4.79 Å². The molecule has 0 aromatic carbocycles. The molecule has 5 heteroatoms. The van der Waals surface area contributed by atoms with Crippen LogP contribution in [-0.2, 0) is 14.3 Å². The molecular weight excluding hydrogens is 416 g/mol. The van der Waals surface area contributed by atoms with Gasteiger partial charge in [-0.2, -0.15) is 0 Å². The molecule has 33 heavy (non-hydrogen) atoms. The van der Waals surface area contributed by atoms with Crippen LogP contribution in [-0.4, -0.2) is 39.8 Å². The Labute approximate surface area is 197 Å². The monoisotopic (exact) mass is 454 g/mol. The molecule has 0 amide bonds. The van der Waals surface area contributed by atoms with Crippen LogP contribution in [0.4, 0.5) is 0 Å². The van der Waals surface area contributed by atoms with Crippen LogP contribution in [0.2, 0.25) is 0 Å². The van der Waals surface area contributed by atoms with Crippen LogP contribution in [0, 0.1) is 34.5 Å². The molecule has 5 aliphatic rings. The second kappa shape index (κ2) is 7.39. The molecule has 0 saturated heterocycles. The molecule has 9 atom stereocenters. The average molecular weight is 455 g/mol. The van der Waals surface area contributed by atoms with Crippen LogP contribution >= 0.6 is 0 Å². The van der Waals surface area contributed by atoms with Crippen LogP contribution in [0.15, 0.2) is 34.9 Å². The number of ether oxygens (including phenoxy) is 1. The Hall–Kier alpha value is -1.72. The van der Waals surface area contributed by atoms with Gasteiger partial charge in [0.1, 0.15) is 11.7 Å². The number of hydrogen-bond donors (Lipinski definition) is 2. The number of aliphatic hydroxyl groups is 2. The lowest BCUT2D eigenvalue weighted by Gasteiger charge is -2.58. The molecular formula is C28H38O5. The van der Waals surface area contributed by atoms with E-state index in [1.165, 1.54) is 0 Å². The largest absolute Gasteiger partial charge is 0.456 e. The van der Waals surface area contributed by atoms with Gasteiger partial charge in [-0.05, 0) is 95.0 Å². The van der Waals surface area contributed by atoms with Gasteiger partial charge in [0.25, 0.3) is 0 Å². The highest BCUT2D eigenvalue weighted by Gasteiger charge is 2.65. The summed E-state index contributed by atoms with van der Waals surface area (Å²) >= 11 is 0. The highest BCUT2D eigenvalue weighted by atomic mass is 16.6. The molecule has 5 rings (SSSR count). The molecule has 180 valence electrons. The molecule has 2 N–H and O–H groups in total. The summed E-state index contributed by atoms with van der Waals surface area (Å²) in [7, 11) is 0. The van der Waals surface area contributed by atoms with Gasteiger partial charge in [0.2, 0.25) is 0 Å². The second-order valence-corrected chi connectivity index (χ2v) is 12.0. The number of carbonyl (C=O) groups excluding carboxylic acids is 2. The summed E-state index contributed by atoms with van der Waals surface area (Å²) in [6, 6.07) is 0. The molecule has 2 saturated carbocycles. The molecule has 4 aliphatic carbocycles. The van der Waals surface area contributed by atoms with Crippen molar-refractivity contribution in [2.24, 2.45) is 34.5 Å². The summed E-state index contributed by atoms with van der Waals surface area (Å²) < 4.78 is 5.74. The Balaban J connectivity index is 1.47. The van der Waals surface area contributed by atoms with E-state index in [0.29, 0.717) is 12.0 Å². The lowest BCUT2D eigenvalue weighted by atomic mass is 9.46. The highest BCUT2D eigenvalue weighted by Crippen LogP contribution is 2.67. The fourth-order valence-electron chi connectivity index (χ4n) is 8.54. The highest BCUT2D eigenvalue weighted by molar-refractivity contribution is 5.98. The minimum atomic E-state index is -1.15. The van der Waals surface area contributed by atoms with Crippen LogP contribution in [0.3, 0.4) is 0 Å². The van der Waals surface area contributed by atoms with E-state index >= 15 is 0 Å². The van der Waals surface area contributed by atoms with Crippen LogP contribution < -0.4 is 0 Å². The zero-order valence-corrected chi connectivity index (χ0v) is 20.6. The quantitative estimate of drug-likeness (QED) is 0.481. The molecule has 0 aromatic rings. The van der Waals surface area contributed by atoms with E-state index in [1.54, 1.807) is 13.0 Å². The van der Waals surface area contributed by atoms with Gasteiger partial charge in [0, 0.05) is 12.0 Å². The summed E-state index contributed by atoms with van der Waals surface area (Å²) in [6.45, 7) is 9.91. The van der Waals surface area contributed by atoms with E-state index in [4.69, 9.17) is 4.74 Å². The molecule has 2 fully saturated rings. The van der Waals surface area contributed by atoms with Crippen LogP contribution in [0.5, 0.6) is 0 Å². The van der Waals surface area contributed by atoms with Gasteiger partial charge in [-0.1, -0.05) is 30.2 Å². The van der Waals surface area contributed by atoms with Crippen molar-refractivity contribution < 1.29 is 24.5 Å². The number of ketones is 1. The fourth-order valence-corrected chi connectivity index (χ4v) is 8.54. The van der Waals surface area contributed by atoms with E-state index in [1.807, 2.05) is 26.0 Å².